The van der Waals surface area contributed by atoms with Crippen molar-refractivity contribution in [3.63, 3.8) is 0 Å². The summed E-state index contributed by atoms with van der Waals surface area (Å²) in [6, 6.07) is 0. The van der Waals surface area contributed by atoms with E-state index in [2.05, 4.69) is 13.8 Å². The largest absolute Gasteiger partial charge is 0.299 e. The SMILES string of the molecule is CC(C)SC1CC2CCCC(=O)C21. The Morgan fingerprint density at radius 1 is 1.46 bits per heavy atom. The van der Waals surface area contributed by atoms with E-state index in [1.807, 2.05) is 11.8 Å². The van der Waals surface area contributed by atoms with Crippen LogP contribution < -0.4 is 0 Å². The molecule has 0 aromatic heterocycles. The molecular formula is C11H18OS. The zero-order valence-electron chi connectivity index (χ0n) is 8.45. The number of fused-ring (bicyclic) bond motifs is 1. The molecule has 2 saturated carbocycles. The van der Waals surface area contributed by atoms with Crippen LogP contribution in [0.5, 0.6) is 0 Å². The Labute approximate surface area is 84.7 Å². The Balaban J connectivity index is 1.93. The van der Waals surface area contributed by atoms with E-state index in [-0.39, 0.29) is 0 Å². The van der Waals surface area contributed by atoms with Crippen molar-refractivity contribution in [3.05, 3.63) is 0 Å². The summed E-state index contributed by atoms with van der Waals surface area (Å²) in [7, 11) is 0. The Hall–Kier alpha value is 0.0200. The molecule has 2 heteroatoms. The van der Waals surface area contributed by atoms with Crippen molar-refractivity contribution in [2.45, 2.75) is 50.0 Å². The summed E-state index contributed by atoms with van der Waals surface area (Å²) in [6.45, 7) is 4.45. The Bertz CT molecular complexity index is 212. The molecule has 3 atom stereocenters. The van der Waals surface area contributed by atoms with Crippen LogP contribution in [0.4, 0.5) is 0 Å². The van der Waals surface area contributed by atoms with Gasteiger partial charge < -0.3 is 0 Å². The molecule has 0 spiro atoms. The lowest BCUT2D eigenvalue weighted by molar-refractivity contribution is -0.130. The lowest BCUT2D eigenvalue weighted by Crippen LogP contribution is -2.47. The van der Waals surface area contributed by atoms with Crippen LogP contribution in [-0.4, -0.2) is 16.3 Å². The van der Waals surface area contributed by atoms with Crippen molar-refractivity contribution >= 4 is 17.5 Å². The standard InChI is InChI=1S/C11H18OS/c1-7(2)13-10-6-8-4-3-5-9(12)11(8)10/h7-8,10-11H,3-6H2,1-2H3. The molecule has 2 rings (SSSR count). The van der Waals surface area contributed by atoms with Crippen LogP contribution >= 0.6 is 11.8 Å². The van der Waals surface area contributed by atoms with Crippen LogP contribution in [0.3, 0.4) is 0 Å². The van der Waals surface area contributed by atoms with Gasteiger partial charge in [0.15, 0.2) is 0 Å². The van der Waals surface area contributed by atoms with E-state index < -0.39 is 0 Å². The van der Waals surface area contributed by atoms with E-state index >= 15 is 0 Å². The maximum atomic E-state index is 11.6. The first kappa shape index (κ1) is 9.57. The van der Waals surface area contributed by atoms with Gasteiger partial charge in [-0.25, -0.2) is 0 Å². The van der Waals surface area contributed by atoms with E-state index in [1.165, 1.54) is 12.8 Å². The topological polar surface area (TPSA) is 17.1 Å². The fourth-order valence-corrected chi connectivity index (χ4v) is 4.26. The molecule has 0 aromatic rings. The van der Waals surface area contributed by atoms with Crippen molar-refractivity contribution in [2.75, 3.05) is 0 Å². The fourth-order valence-electron chi connectivity index (χ4n) is 2.66. The van der Waals surface area contributed by atoms with Gasteiger partial charge in [-0.05, 0) is 30.4 Å². The van der Waals surface area contributed by atoms with E-state index in [9.17, 15) is 4.79 Å². The number of thioether (sulfide) groups is 1. The highest BCUT2D eigenvalue weighted by atomic mass is 32.2. The number of rotatable bonds is 2. The second-order valence-corrected chi connectivity index (χ2v) is 6.42. The fraction of sp³-hybridized carbons (Fsp3) is 0.909. The molecule has 0 radical (unpaired) electrons. The molecule has 0 saturated heterocycles. The highest BCUT2D eigenvalue weighted by Gasteiger charge is 2.47. The first-order chi connectivity index (χ1) is 6.18. The average molecular weight is 198 g/mol. The van der Waals surface area contributed by atoms with Gasteiger partial charge in [-0.2, -0.15) is 11.8 Å². The smallest absolute Gasteiger partial charge is 0.137 e. The highest BCUT2D eigenvalue weighted by Crippen LogP contribution is 2.49. The number of hydrogen-bond donors (Lipinski definition) is 0. The summed E-state index contributed by atoms with van der Waals surface area (Å²) >= 11 is 2.01. The summed E-state index contributed by atoms with van der Waals surface area (Å²) in [4.78, 5) is 11.6. The van der Waals surface area contributed by atoms with Gasteiger partial charge in [-0.15, -0.1) is 0 Å². The molecule has 3 unspecified atom stereocenters. The van der Waals surface area contributed by atoms with Crippen LogP contribution in [0.2, 0.25) is 0 Å². The normalized spacial score (nSPS) is 38.7. The lowest BCUT2D eigenvalue weighted by Gasteiger charge is -2.46. The average Bonchev–Trinajstić information content (AvgIpc) is 1.99. The first-order valence-corrected chi connectivity index (χ1v) is 6.31. The van der Waals surface area contributed by atoms with Crippen molar-refractivity contribution in [3.8, 4) is 0 Å². The molecule has 74 valence electrons. The second-order valence-electron chi connectivity index (χ2n) is 4.60. The second kappa shape index (κ2) is 3.64. The van der Waals surface area contributed by atoms with Crippen molar-refractivity contribution in [1.29, 1.82) is 0 Å². The van der Waals surface area contributed by atoms with E-state index in [4.69, 9.17) is 0 Å². The highest BCUT2D eigenvalue weighted by molar-refractivity contribution is 8.00. The Morgan fingerprint density at radius 3 is 2.85 bits per heavy atom. The predicted octanol–water partition coefficient (Wildman–Crippen LogP) is 2.89. The van der Waals surface area contributed by atoms with Gasteiger partial charge in [0, 0.05) is 17.6 Å². The van der Waals surface area contributed by atoms with Crippen molar-refractivity contribution < 1.29 is 4.79 Å². The summed E-state index contributed by atoms with van der Waals surface area (Å²) in [5.41, 5.74) is 0. The molecular weight excluding hydrogens is 180 g/mol. The quantitative estimate of drug-likeness (QED) is 0.678. The lowest BCUT2D eigenvalue weighted by atomic mass is 9.64. The van der Waals surface area contributed by atoms with Crippen molar-refractivity contribution in [2.24, 2.45) is 11.8 Å². The third-order valence-electron chi connectivity index (χ3n) is 3.26. The van der Waals surface area contributed by atoms with Crippen LogP contribution in [0, 0.1) is 11.8 Å². The summed E-state index contributed by atoms with van der Waals surface area (Å²) in [6.07, 6.45) is 4.63. The Kier molecular flexibility index (Phi) is 2.68. The summed E-state index contributed by atoms with van der Waals surface area (Å²) in [5.74, 6) is 1.76. The number of carbonyl (C=O) groups excluding carboxylic acids is 1. The molecule has 2 aliphatic carbocycles. The van der Waals surface area contributed by atoms with E-state index in [0.717, 1.165) is 18.8 Å². The Morgan fingerprint density at radius 2 is 2.23 bits per heavy atom. The van der Waals surface area contributed by atoms with Gasteiger partial charge in [-0.1, -0.05) is 13.8 Å². The van der Waals surface area contributed by atoms with Gasteiger partial charge in [0.2, 0.25) is 0 Å². The molecule has 0 heterocycles. The molecule has 0 aliphatic heterocycles. The number of Topliss-reactive ketones (excluding diaryl/α,β-unsaturated/α-hetero) is 1. The van der Waals surface area contributed by atoms with Gasteiger partial charge in [0.05, 0.1) is 0 Å². The zero-order valence-corrected chi connectivity index (χ0v) is 9.27. The maximum Gasteiger partial charge on any atom is 0.137 e. The molecule has 2 fully saturated rings. The van der Waals surface area contributed by atoms with Crippen LogP contribution in [0.15, 0.2) is 0 Å². The molecule has 13 heavy (non-hydrogen) atoms. The van der Waals surface area contributed by atoms with Gasteiger partial charge in [-0.3, -0.25) is 4.79 Å². The van der Waals surface area contributed by atoms with E-state index in [0.29, 0.717) is 22.2 Å². The monoisotopic (exact) mass is 198 g/mol. The van der Waals surface area contributed by atoms with Crippen LogP contribution in [0.1, 0.15) is 39.5 Å². The van der Waals surface area contributed by atoms with Gasteiger partial charge >= 0.3 is 0 Å². The van der Waals surface area contributed by atoms with Crippen LogP contribution in [0.25, 0.3) is 0 Å². The van der Waals surface area contributed by atoms with Crippen LogP contribution in [-0.2, 0) is 4.79 Å². The maximum absolute atomic E-state index is 11.6. The summed E-state index contributed by atoms with van der Waals surface area (Å²) < 4.78 is 0. The molecule has 2 aliphatic rings. The zero-order chi connectivity index (χ0) is 9.42. The van der Waals surface area contributed by atoms with Gasteiger partial charge in [0.25, 0.3) is 0 Å². The molecule has 0 bridgehead atoms. The minimum absolute atomic E-state index is 0.446. The third kappa shape index (κ3) is 1.78. The minimum Gasteiger partial charge on any atom is -0.299 e. The number of hydrogen-bond acceptors (Lipinski definition) is 2. The molecule has 0 N–H and O–H groups in total. The molecule has 0 aromatic carbocycles. The molecule has 1 nitrogen and oxygen atoms in total. The van der Waals surface area contributed by atoms with Crippen molar-refractivity contribution in [1.82, 2.24) is 0 Å². The third-order valence-corrected chi connectivity index (χ3v) is 4.64. The number of ketones is 1. The van der Waals surface area contributed by atoms with E-state index in [1.54, 1.807) is 0 Å². The minimum atomic E-state index is 0.446. The predicted molar refractivity (Wildman–Crippen MR) is 57.0 cm³/mol. The van der Waals surface area contributed by atoms with Gasteiger partial charge in [0.1, 0.15) is 5.78 Å². The first-order valence-electron chi connectivity index (χ1n) is 5.36. The number of carbonyl (C=O) groups is 1. The summed E-state index contributed by atoms with van der Waals surface area (Å²) in [5, 5.41) is 1.35. The molecule has 0 amide bonds.